The molecule has 8 aromatic carbocycles. The summed E-state index contributed by atoms with van der Waals surface area (Å²) in [6, 6.07) is 64.3. The van der Waals surface area contributed by atoms with E-state index >= 15 is 0 Å². The smallest absolute Gasteiger partial charge is 0.137 e. The summed E-state index contributed by atoms with van der Waals surface area (Å²) in [7, 11) is 0. The molecule has 0 unspecified atom stereocenters. The first-order valence-corrected chi connectivity index (χ1v) is 17.6. The molecule has 4 nitrogen and oxygen atoms in total. The molecule has 0 N–H and O–H groups in total. The molecule has 11 aromatic rings. The lowest BCUT2D eigenvalue weighted by Gasteiger charge is -2.26. The predicted molar refractivity (Wildman–Crippen MR) is 215 cm³/mol. The topological polar surface area (TPSA) is 34.5 Å². The van der Waals surface area contributed by atoms with Gasteiger partial charge in [-0.2, -0.15) is 0 Å². The summed E-state index contributed by atoms with van der Waals surface area (Å²) in [5, 5.41) is 6.87. The van der Waals surface area contributed by atoms with Crippen LogP contribution in [0.25, 0.3) is 82.5 Å². The number of furan rings is 2. The minimum Gasteiger partial charge on any atom is -0.456 e. The largest absolute Gasteiger partial charge is 0.456 e. The maximum absolute atomic E-state index is 6.39. The van der Waals surface area contributed by atoms with Crippen LogP contribution in [0.3, 0.4) is 0 Å². The Bertz CT molecular complexity index is 3130. The van der Waals surface area contributed by atoms with Crippen molar-refractivity contribution in [3.05, 3.63) is 182 Å². The highest BCUT2D eigenvalue weighted by atomic mass is 16.3. The molecule has 0 fully saturated rings. The van der Waals surface area contributed by atoms with E-state index in [-0.39, 0.29) is 0 Å². The van der Waals surface area contributed by atoms with Gasteiger partial charge in [-0.25, -0.2) is 0 Å². The fraction of sp³-hybridized carbons (Fsp3) is 0. The molecule has 0 aliphatic carbocycles. The van der Waals surface area contributed by atoms with Crippen molar-refractivity contribution in [1.82, 2.24) is 4.57 Å². The van der Waals surface area contributed by atoms with E-state index in [4.69, 9.17) is 8.83 Å². The molecular weight excluding hydrogens is 637 g/mol. The Morgan fingerprint density at radius 3 is 1.81 bits per heavy atom. The van der Waals surface area contributed by atoms with E-state index < -0.39 is 0 Å². The molecule has 244 valence electrons. The van der Waals surface area contributed by atoms with E-state index in [9.17, 15) is 0 Å². The molecule has 3 aromatic heterocycles. The first kappa shape index (κ1) is 28.8. The minimum absolute atomic E-state index is 0.853. The molecule has 0 atom stereocenters. The van der Waals surface area contributed by atoms with Crippen LogP contribution in [0.2, 0.25) is 0 Å². The van der Waals surface area contributed by atoms with Crippen LogP contribution in [0.1, 0.15) is 0 Å². The second kappa shape index (κ2) is 11.2. The number of hydrogen-bond acceptors (Lipinski definition) is 3. The van der Waals surface area contributed by atoms with Crippen LogP contribution >= 0.6 is 0 Å². The number of para-hydroxylation sites is 4. The highest BCUT2D eigenvalue weighted by Gasteiger charge is 2.21. The normalized spacial score (nSPS) is 11.8. The first-order valence-electron chi connectivity index (χ1n) is 17.6. The van der Waals surface area contributed by atoms with E-state index in [1.165, 1.54) is 21.8 Å². The molecule has 0 radical (unpaired) electrons. The molecule has 4 heteroatoms. The molecule has 0 saturated heterocycles. The summed E-state index contributed by atoms with van der Waals surface area (Å²) in [4.78, 5) is 2.32. The summed E-state index contributed by atoms with van der Waals surface area (Å²) in [6.07, 6.45) is 0. The lowest BCUT2D eigenvalue weighted by atomic mass is 10.0. The number of hydrogen-bond donors (Lipinski definition) is 0. The Hall–Kier alpha value is -7.04. The van der Waals surface area contributed by atoms with Gasteiger partial charge in [0, 0.05) is 50.1 Å². The van der Waals surface area contributed by atoms with Crippen molar-refractivity contribution in [1.29, 1.82) is 0 Å². The SMILES string of the molecule is c1ccc(-n2c3ccccc3c3ccc(-c4ccc(N(c5ccc6c(c5)oc5ccccc56)c5cccc6oc7ccccc7c56)cc4)cc32)cc1. The maximum atomic E-state index is 6.39. The lowest BCUT2D eigenvalue weighted by molar-refractivity contribution is 0.669. The van der Waals surface area contributed by atoms with Crippen molar-refractivity contribution < 1.29 is 8.83 Å². The quantitative estimate of drug-likeness (QED) is 0.183. The third kappa shape index (κ3) is 4.34. The Kier molecular flexibility index (Phi) is 6.22. The number of fused-ring (bicyclic) bond motifs is 9. The number of aromatic nitrogens is 1. The average Bonchev–Trinajstić information content (AvgIpc) is 3.88. The number of anilines is 3. The second-order valence-corrected chi connectivity index (χ2v) is 13.3. The highest BCUT2D eigenvalue weighted by molar-refractivity contribution is 6.14. The Labute approximate surface area is 299 Å². The van der Waals surface area contributed by atoms with E-state index in [0.717, 1.165) is 77.8 Å². The summed E-state index contributed by atoms with van der Waals surface area (Å²) < 4.78 is 15.1. The first-order chi connectivity index (χ1) is 25.8. The van der Waals surface area contributed by atoms with Gasteiger partial charge in [-0.15, -0.1) is 0 Å². The van der Waals surface area contributed by atoms with Gasteiger partial charge < -0.3 is 18.3 Å². The number of nitrogens with zero attached hydrogens (tertiary/aromatic N) is 2. The maximum Gasteiger partial charge on any atom is 0.137 e. The monoisotopic (exact) mass is 666 g/mol. The summed E-state index contributed by atoms with van der Waals surface area (Å²) in [5.41, 5.74) is 12.4. The summed E-state index contributed by atoms with van der Waals surface area (Å²) in [6.45, 7) is 0. The molecule has 0 aliphatic heterocycles. The minimum atomic E-state index is 0.853. The van der Waals surface area contributed by atoms with Crippen LogP contribution in [0.15, 0.2) is 191 Å². The zero-order valence-corrected chi connectivity index (χ0v) is 28.0. The van der Waals surface area contributed by atoms with Gasteiger partial charge in [0.2, 0.25) is 0 Å². The van der Waals surface area contributed by atoms with Gasteiger partial charge in [-0.1, -0.05) is 103 Å². The molecule has 0 saturated carbocycles. The highest BCUT2D eigenvalue weighted by Crippen LogP contribution is 2.45. The van der Waals surface area contributed by atoms with Crippen molar-refractivity contribution in [2.24, 2.45) is 0 Å². The molecular formula is C48H30N2O2. The van der Waals surface area contributed by atoms with Gasteiger partial charge in [-0.3, -0.25) is 0 Å². The fourth-order valence-corrected chi connectivity index (χ4v) is 8.03. The molecule has 3 heterocycles. The van der Waals surface area contributed by atoms with Crippen molar-refractivity contribution in [3.63, 3.8) is 0 Å². The third-order valence-corrected chi connectivity index (χ3v) is 10.4. The molecule has 0 aliphatic rings. The molecule has 0 bridgehead atoms. The van der Waals surface area contributed by atoms with Crippen molar-refractivity contribution in [2.45, 2.75) is 0 Å². The van der Waals surface area contributed by atoms with E-state index in [2.05, 4.69) is 161 Å². The third-order valence-electron chi connectivity index (χ3n) is 10.4. The van der Waals surface area contributed by atoms with Gasteiger partial charge in [0.15, 0.2) is 0 Å². The van der Waals surface area contributed by atoms with Gasteiger partial charge in [0.05, 0.1) is 22.1 Å². The van der Waals surface area contributed by atoms with Gasteiger partial charge >= 0.3 is 0 Å². The van der Waals surface area contributed by atoms with Gasteiger partial charge in [0.25, 0.3) is 0 Å². The molecule has 52 heavy (non-hydrogen) atoms. The predicted octanol–water partition coefficient (Wildman–Crippen LogP) is 13.7. The van der Waals surface area contributed by atoms with Crippen LogP contribution < -0.4 is 4.90 Å². The van der Waals surface area contributed by atoms with Crippen LogP contribution in [-0.4, -0.2) is 4.57 Å². The second-order valence-electron chi connectivity index (χ2n) is 13.3. The van der Waals surface area contributed by atoms with Crippen LogP contribution in [0.5, 0.6) is 0 Å². The van der Waals surface area contributed by atoms with E-state index in [0.29, 0.717) is 0 Å². The zero-order valence-electron chi connectivity index (χ0n) is 28.0. The fourth-order valence-electron chi connectivity index (χ4n) is 8.03. The Morgan fingerprint density at radius 1 is 0.365 bits per heavy atom. The van der Waals surface area contributed by atoms with Gasteiger partial charge in [0.1, 0.15) is 22.3 Å². The van der Waals surface area contributed by atoms with Crippen molar-refractivity contribution in [2.75, 3.05) is 4.90 Å². The molecule has 11 rings (SSSR count). The number of benzene rings is 8. The number of rotatable bonds is 5. The Morgan fingerprint density at radius 2 is 0.962 bits per heavy atom. The average molecular weight is 667 g/mol. The summed E-state index contributed by atoms with van der Waals surface area (Å²) >= 11 is 0. The summed E-state index contributed by atoms with van der Waals surface area (Å²) in [5.74, 6) is 0. The van der Waals surface area contributed by atoms with E-state index in [1.54, 1.807) is 0 Å². The molecule has 0 amide bonds. The van der Waals surface area contributed by atoms with Crippen molar-refractivity contribution in [3.8, 4) is 16.8 Å². The van der Waals surface area contributed by atoms with Crippen LogP contribution in [0.4, 0.5) is 17.1 Å². The van der Waals surface area contributed by atoms with Crippen LogP contribution in [-0.2, 0) is 0 Å². The lowest BCUT2D eigenvalue weighted by Crippen LogP contribution is -2.10. The van der Waals surface area contributed by atoms with Crippen LogP contribution in [0, 0.1) is 0 Å². The standard InChI is InChI=1S/C48H30N2O2/c1-2-11-33(12-3-1)50-41-16-7-4-13-36(41)37-27-23-32(29-43(37)50)31-21-24-34(25-22-31)49(35-26-28-39-38-14-5-8-18-44(38)52-47(39)30-35)42-17-10-20-46-48(42)40-15-6-9-19-45(40)51-46/h1-30H. The molecule has 0 spiro atoms. The van der Waals surface area contributed by atoms with E-state index in [1.807, 2.05) is 30.3 Å². The Balaban J connectivity index is 1.08. The van der Waals surface area contributed by atoms with Crippen molar-refractivity contribution >= 4 is 82.7 Å². The zero-order chi connectivity index (χ0) is 34.2. The van der Waals surface area contributed by atoms with Gasteiger partial charge in [-0.05, 0) is 83.9 Å².